The van der Waals surface area contributed by atoms with Crippen molar-refractivity contribution in [2.45, 2.75) is 24.2 Å². The van der Waals surface area contributed by atoms with E-state index in [0.717, 1.165) is 18.9 Å². The Hall–Kier alpha value is -0.580. The van der Waals surface area contributed by atoms with Crippen LogP contribution in [-0.2, 0) is 6.42 Å². The van der Waals surface area contributed by atoms with Gasteiger partial charge in [-0.15, -0.1) is 11.8 Å². The highest BCUT2D eigenvalue weighted by atomic mass is 32.2. The van der Waals surface area contributed by atoms with Gasteiger partial charge in [-0.25, -0.2) is 0 Å². The van der Waals surface area contributed by atoms with Gasteiger partial charge < -0.3 is 9.88 Å². The lowest BCUT2D eigenvalue weighted by Gasteiger charge is -2.21. The highest BCUT2D eigenvalue weighted by Gasteiger charge is 2.15. The molecule has 1 N–H and O–H groups in total. The molecule has 2 aromatic rings. The van der Waals surface area contributed by atoms with Gasteiger partial charge in [0, 0.05) is 34.3 Å². The van der Waals surface area contributed by atoms with Crippen LogP contribution in [0.1, 0.15) is 18.4 Å². The molecule has 1 fully saturated rings. The van der Waals surface area contributed by atoms with Crippen LogP contribution < -0.4 is 0 Å². The number of H-pyrrole nitrogens is 1. The summed E-state index contributed by atoms with van der Waals surface area (Å²) in [7, 11) is 4.29. The van der Waals surface area contributed by atoms with Crippen molar-refractivity contribution in [1.29, 1.82) is 0 Å². The molecule has 0 bridgehead atoms. The van der Waals surface area contributed by atoms with Gasteiger partial charge in [0.05, 0.1) is 0 Å². The highest BCUT2D eigenvalue weighted by Crippen LogP contribution is 2.34. The molecular formula is C18H26N2S2. The first-order valence-corrected chi connectivity index (χ1v) is 10.3. The Morgan fingerprint density at radius 1 is 1.27 bits per heavy atom. The molecule has 2 heterocycles. The van der Waals surface area contributed by atoms with Crippen LogP contribution in [0.2, 0.25) is 0 Å². The lowest BCUT2D eigenvalue weighted by Crippen LogP contribution is -2.15. The van der Waals surface area contributed by atoms with Crippen molar-refractivity contribution in [3.63, 3.8) is 0 Å². The average molecular weight is 335 g/mol. The van der Waals surface area contributed by atoms with Crippen LogP contribution in [0.3, 0.4) is 0 Å². The third-order valence-electron chi connectivity index (χ3n) is 4.39. The Labute approximate surface area is 142 Å². The smallest absolute Gasteiger partial charge is 0.0468 e. The van der Waals surface area contributed by atoms with Gasteiger partial charge in [-0.1, -0.05) is 6.07 Å². The molecule has 2 nitrogen and oxygen atoms in total. The largest absolute Gasteiger partial charge is 0.361 e. The number of aromatic amines is 1. The highest BCUT2D eigenvalue weighted by molar-refractivity contribution is 7.99. The fraction of sp³-hybridized carbons (Fsp3) is 0.556. The predicted molar refractivity (Wildman–Crippen MR) is 101 cm³/mol. The van der Waals surface area contributed by atoms with E-state index < -0.39 is 0 Å². The standard InChI is InChI=1S/C18H26N2S2/c1-20(2)9-6-15-12-19-16-4-3-5-17(18(15)16)22-13-14-7-10-21-11-8-14/h3-5,12,14,19H,6-11,13H2,1-2H3. The summed E-state index contributed by atoms with van der Waals surface area (Å²) < 4.78 is 0. The molecule has 0 spiro atoms. The molecule has 0 aliphatic carbocycles. The summed E-state index contributed by atoms with van der Waals surface area (Å²) in [6.07, 6.45) is 6.11. The van der Waals surface area contributed by atoms with E-state index in [9.17, 15) is 0 Å². The van der Waals surface area contributed by atoms with Crippen LogP contribution >= 0.6 is 23.5 Å². The van der Waals surface area contributed by atoms with Crippen molar-refractivity contribution in [1.82, 2.24) is 9.88 Å². The Kier molecular flexibility index (Phi) is 5.77. The first-order chi connectivity index (χ1) is 10.7. The van der Waals surface area contributed by atoms with Gasteiger partial charge in [0.25, 0.3) is 0 Å². The zero-order valence-corrected chi connectivity index (χ0v) is 15.2. The minimum atomic E-state index is 0.908. The minimum absolute atomic E-state index is 0.908. The zero-order chi connectivity index (χ0) is 15.4. The second-order valence-corrected chi connectivity index (χ2v) is 8.70. The SMILES string of the molecule is CN(C)CCc1c[nH]c2cccc(SCC3CCSCC3)c12. The molecule has 120 valence electrons. The number of aromatic nitrogens is 1. The van der Waals surface area contributed by atoms with E-state index in [2.05, 4.69) is 71.9 Å². The average Bonchev–Trinajstić information content (AvgIpc) is 2.96. The quantitative estimate of drug-likeness (QED) is 0.785. The van der Waals surface area contributed by atoms with Crippen molar-refractivity contribution in [3.05, 3.63) is 30.0 Å². The third kappa shape index (κ3) is 4.03. The number of thioether (sulfide) groups is 2. The molecule has 1 aromatic carbocycles. The Bertz CT molecular complexity index is 600. The summed E-state index contributed by atoms with van der Waals surface area (Å²) in [4.78, 5) is 7.18. The fourth-order valence-corrected chi connectivity index (χ4v) is 5.51. The number of benzene rings is 1. The molecule has 0 saturated carbocycles. The summed E-state index contributed by atoms with van der Waals surface area (Å²) in [6.45, 7) is 1.10. The summed E-state index contributed by atoms with van der Waals surface area (Å²) in [5.41, 5.74) is 2.75. The number of hydrogen-bond donors (Lipinski definition) is 1. The van der Waals surface area contributed by atoms with E-state index in [1.807, 2.05) is 0 Å². The molecule has 22 heavy (non-hydrogen) atoms. The van der Waals surface area contributed by atoms with Crippen LogP contribution in [0.4, 0.5) is 0 Å². The molecule has 1 aliphatic heterocycles. The van der Waals surface area contributed by atoms with Crippen LogP contribution in [0.15, 0.2) is 29.3 Å². The maximum absolute atomic E-state index is 3.46. The lowest BCUT2D eigenvalue weighted by atomic mass is 10.1. The first kappa shape index (κ1) is 16.3. The van der Waals surface area contributed by atoms with Gasteiger partial charge >= 0.3 is 0 Å². The fourth-order valence-electron chi connectivity index (χ4n) is 3.00. The van der Waals surface area contributed by atoms with Crippen molar-refractivity contribution < 1.29 is 0 Å². The van der Waals surface area contributed by atoms with Crippen LogP contribution in [0.25, 0.3) is 10.9 Å². The Morgan fingerprint density at radius 2 is 2.09 bits per heavy atom. The molecule has 0 atom stereocenters. The Balaban J connectivity index is 1.74. The number of rotatable bonds is 6. The van der Waals surface area contributed by atoms with Gasteiger partial charge in [0.2, 0.25) is 0 Å². The molecule has 1 aromatic heterocycles. The molecule has 0 unspecified atom stereocenters. The molecule has 1 saturated heterocycles. The number of hydrogen-bond acceptors (Lipinski definition) is 3. The molecular weight excluding hydrogens is 308 g/mol. The summed E-state index contributed by atoms with van der Waals surface area (Å²) >= 11 is 4.18. The van der Waals surface area contributed by atoms with Gasteiger partial charge in [-0.3, -0.25) is 0 Å². The maximum atomic E-state index is 3.46. The van der Waals surface area contributed by atoms with E-state index in [1.54, 1.807) is 0 Å². The van der Waals surface area contributed by atoms with E-state index in [0.29, 0.717) is 0 Å². The minimum Gasteiger partial charge on any atom is -0.361 e. The lowest BCUT2D eigenvalue weighted by molar-refractivity contribution is 0.414. The van der Waals surface area contributed by atoms with Gasteiger partial charge in [-0.2, -0.15) is 11.8 Å². The predicted octanol–water partition coefficient (Wildman–Crippen LogP) is 4.51. The zero-order valence-electron chi connectivity index (χ0n) is 13.6. The van der Waals surface area contributed by atoms with Gasteiger partial charge in [0.1, 0.15) is 0 Å². The normalized spacial score (nSPS) is 16.7. The van der Waals surface area contributed by atoms with Crippen molar-refractivity contribution in [2.24, 2.45) is 5.92 Å². The summed E-state index contributed by atoms with van der Waals surface area (Å²) in [6, 6.07) is 6.70. The maximum Gasteiger partial charge on any atom is 0.0468 e. The summed E-state index contributed by atoms with van der Waals surface area (Å²) in [5, 5.41) is 1.46. The topological polar surface area (TPSA) is 19.0 Å². The Morgan fingerprint density at radius 3 is 2.86 bits per heavy atom. The number of likely N-dealkylation sites (N-methyl/N-ethyl adjacent to an activating group) is 1. The van der Waals surface area contributed by atoms with E-state index in [1.165, 1.54) is 51.5 Å². The van der Waals surface area contributed by atoms with Crippen molar-refractivity contribution in [3.8, 4) is 0 Å². The monoisotopic (exact) mass is 334 g/mol. The van der Waals surface area contributed by atoms with Gasteiger partial charge in [0.15, 0.2) is 0 Å². The van der Waals surface area contributed by atoms with E-state index in [4.69, 9.17) is 0 Å². The molecule has 1 aliphatic rings. The van der Waals surface area contributed by atoms with E-state index in [-0.39, 0.29) is 0 Å². The van der Waals surface area contributed by atoms with E-state index >= 15 is 0 Å². The van der Waals surface area contributed by atoms with Crippen molar-refractivity contribution in [2.75, 3.05) is 37.9 Å². The number of nitrogens with zero attached hydrogens (tertiary/aromatic N) is 1. The second kappa shape index (κ2) is 7.80. The first-order valence-electron chi connectivity index (χ1n) is 8.18. The van der Waals surface area contributed by atoms with Gasteiger partial charge in [-0.05, 0) is 68.5 Å². The number of nitrogens with one attached hydrogen (secondary N) is 1. The number of fused-ring (bicyclic) bond motifs is 1. The molecule has 3 rings (SSSR count). The molecule has 4 heteroatoms. The second-order valence-electron chi connectivity index (χ2n) is 6.41. The third-order valence-corrected chi connectivity index (χ3v) is 6.73. The van der Waals surface area contributed by atoms with Crippen molar-refractivity contribution >= 4 is 34.4 Å². The summed E-state index contributed by atoms with van der Waals surface area (Å²) in [5.74, 6) is 4.89. The molecule has 0 radical (unpaired) electrons. The van der Waals surface area contributed by atoms with Crippen LogP contribution in [0.5, 0.6) is 0 Å². The molecule has 0 amide bonds. The van der Waals surface area contributed by atoms with Crippen LogP contribution in [0, 0.1) is 5.92 Å². The van der Waals surface area contributed by atoms with Crippen LogP contribution in [-0.4, -0.2) is 47.8 Å².